The molecule has 0 aliphatic heterocycles. The number of nitrogens with zero attached hydrogens (tertiary/aromatic N) is 1. The van der Waals surface area contributed by atoms with Crippen LogP contribution in [0, 0.1) is 0 Å². The maximum atomic E-state index is 13.6. The molecule has 1 unspecified atom stereocenters. The summed E-state index contributed by atoms with van der Waals surface area (Å²) in [6.45, 7) is 2.34. The Labute approximate surface area is 227 Å². The normalized spacial score (nSPS) is 11.6. The number of rotatable bonds is 12. The molecule has 1 N–H and O–H groups in total. The van der Waals surface area contributed by atoms with Crippen LogP contribution in [0.4, 0.5) is 0 Å². The first-order valence-corrected chi connectivity index (χ1v) is 12.9. The number of hydrogen-bond donors (Lipinski definition) is 1. The van der Waals surface area contributed by atoms with Crippen molar-refractivity contribution in [3.8, 4) is 5.75 Å². The van der Waals surface area contributed by atoms with Gasteiger partial charge in [-0.1, -0.05) is 90.6 Å². The third-order valence-electron chi connectivity index (χ3n) is 5.65. The smallest absolute Gasteiger partial charge is 0.261 e. The highest BCUT2D eigenvalue weighted by Crippen LogP contribution is 2.27. The van der Waals surface area contributed by atoms with E-state index in [1.807, 2.05) is 30.3 Å². The van der Waals surface area contributed by atoms with Gasteiger partial charge < -0.3 is 15.0 Å². The molecule has 3 aromatic rings. The Hall–Kier alpha value is -2.73. The number of carbonyl (C=O) groups is 2. The molecule has 0 radical (unpaired) electrons. The molecule has 5 nitrogen and oxygen atoms in total. The van der Waals surface area contributed by atoms with Crippen LogP contribution in [0.2, 0.25) is 15.1 Å². The van der Waals surface area contributed by atoms with Crippen LogP contribution in [-0.4, -0.2) is 35.9 Å². The molecule has 0 saturated carbocycles. The van der Waals surface area contributed by atoms with Crippen LogP contribution < -0.4 is 10.1 Å². The molecule has 1 atom stereocenters. The van der Waals surface area contributed by atoms with E-state index >= 15 is 0 Å². The highest BCUT2D eigenvalue weighted by molar-refractivity contribution is 6.36. The number of hydrogen-bond acceptors (Lipinski definition) is 3. The number of unbranched alkanes of at least 4 members (excludes halogenated alkanes) is 1. The lowest BCUT2D eigenvalue weighted by Crippen LogP contribution is -2.52. The topological polar surface area (TPSA) is 58.6 Å². The SMILES string of the molecule is CCCCNC(=O)C(Cc1ccccc1)N(Cc1c(Cl)cccc1Cl)C(=O)COc1cccc(Cl)c1. The molecular weight excluding hydrogens is 519 g/mol. The lowest BCUT2D eigenvalue weighted by molar-refractivity contribution is -0.142. The number of carbonyl (C=O) groups excluding carboxylic acids is 2. The van der Waals surface area contributed by atoms with E-state index in [1.54, 1.807) is 42.5 Å². The van der Waals surface area contributed by atoms with Crippen LogP contribution in [0.5, 0.6) is 5.75 Å². The van der Waals surface area contributed by atoms with Crippen molar-refractivity contribution in [2.24, 2.45) is 0 Å². The fourth-order valence-corrected chi connectivity index (χ4v) is 4.40. The average Bonchev–Trinajstić information content (AvgIpc) is 2.87. The van der Waals surface area contributed by atoms with Gasteiger partial charge in [0.2, 0.25) is 5.91 Å². The molecule has 0 aliphatic rings. The molecule has 190 valence electrons. The first-order chi connectivity index (χ1) is 17.4. The van der Waals surface area contributed by atoms with Crippen molar-refractivity contribution in [2.75, 3.05) is 13.2 Å². The third kappa shape index (κ3) is 8.16. The summed E-state index contributed by atoms with van der Waals surface area (Å²) in [5, 5.41) is 4.31. The van der Waals surface area contributed by atoms with Gasteiger partial charge in [0.25, 0.3) is 5.91 Å². The second-order valence-corrected chi connectivity index (χ2v) is 9.57. The molecule has 0 aromatic heterocycles. The van der Waals surface area contributed by atoms with E-state index in [0.717, 1.165) is 18.4 Å². The largest absolute Gasteiger partial charge is 0.484 e. The Morgan fingerprint density at radius 1 is 0.944 bits per heavy atom. The molecule has 0 aliphatic carbocycles. The van der Waals surface area contributed by atoms with Gasteiger partial charge in [-0.3, -0.25) is 9.59 Å². The van der Waals surface area contributed by atoms with E-state index in [2.05, 4.69) is 12.2 Å². The van der Waals surface area contributed by atoms with Gasteiger partial charge in [0.15, 0.2) is 6.61 Å². The zero-order chi connectivity index (χ0) is 25.9. The first kappa shape index (κ1) is 27.9. The fraction of sp³-hybridized carbons (Fsp3) is 0.286. The summed E-state index contributed by atoms with van der Waals surface area (Å²) in [5.41, 5.74) is 1.49. The van der Waals surface area contributed by atoms with Gasteiger partial charge >= 0.3 is 0 Å². The Morgan fingerprint density at radius 2 is 1.64 bits per heavy atom. The Bertz CT molecular complexity index is 1140. The van der Waals surface area contributed by atoms with Crippen LogP contribution in [0.1, 0.15) is 30.9 Å². The van der Waals surface area contributed by atoms with Gasteiger partial charge in [-0.2, -0.15) is 0 Å². The molecule has 2 amide bonds. The van der Waals surface area contributed by atoms with Gasteiger partial charge in [-0.05, 0) is 42.3 Å². The zero-order valence-electron chi connectivity index (χ0n) is 20.1. The molecule has 3 rings (SSSR count). The molecule has 36 heavy (non-hydrogen) atoms. The summed E-state index contributed by atoms with van der Waals surface area (Å²) in [5.74, 6) is -0.164. The summed E-state index contributed by atoms with van der Waals surface area (Å²) in [7, 11) is 0. The van der Waals surface area contributed by atoms with Crippen LogP contribution in [0.15, 0.2) is 72.8 Å². The fourth-order valence-electron chi connectivity index (χ4n) is 3.70. The van der Waals surface area contributed by atoms with Crippen molar-refractivity contribution in [1.82, 2.24) is 10.2 Å². The Kier molecular flexibility index (Phi) is 10.9. The number of halogens is 3. The number of amides is 2. The first-order valence-electron chi connectivity index (χ1n) is 11.8. The summed E-state index contributed by atoms with van der Waals surface area (Å²) in [6, 6.07) is 20.7. The van der Waals surface area contributed by atoms with E-state index in [9.17, 15) is 9.59 Å². The van der Waals surface area contributed by atoms with Gasteiger partial charge in [-0.25, -0.2) is 0 Å². The Balaban J connectivity index is 1.93. The number of nitrogens with one attached hydrogen (secondary N) is 1. The lowest BCUT2D eigenvalue weighted by Gasteiger charge is -2.32. The van der Waals surface area contributed by atoms with E-state index < -0.39 is 6.04 Å². The lowest BCUT2D eigenvalue weighted by atomic mass is 10.0. The monoisotopic (exact) mass is 546 g/mol. The predicted molar refractivity (Wildman–Crippen MR) is 146 cm³/mol. The Morgan fingerprint density at radius 3 is 2.31 bits per heavy atom. The predicted octanol–water partition coefficient (Wildman–Crippen LogP) is 6.58. The average molecular weight is 548 g/mol. The molecule has 0 spiro atoms. The molecule has 0 fully saturated rings. The maximum absolute atomic E-state index is 13.6. The highest BCUT2D eigenvalue weighted by Gasteiger charge is 2.31. The summed E-state index contributed by atoms with van der Waals surface area (Å²) < 4.78 is 5.73. The van der Waals surface area contributed by atoms with Crippen molar-refractivity contribution >= 4 is 46.6 Å². The second kappa shape index (κ2) is 14.1. The minimum Gasteiger partial charge on any atom is -0.484 e. The minimum absolute atomic E-state index is 0.0505. The quantitative estimate of drug-likeness (QED) is 0.261. The van der Waals surface area contributed by atoms with Crippen molar-refractivity contribution in [1.29, 1.82) is 0 Å². The van der Waals surface area contributed by atoms with Gasteiger partial charge in [-0.15, -0.1) is 0 Å². The van der Waals surface area contributed by atoms with Gasteiger partial charge in [0.05, 0.1) is 0 Å². The van der Waals surface area contributed by atoms with Crippen molar-refractivity contribution < 1.29 is 14.3 Å². The van der Waals surface area contributed by atoms with E-state index in [1.165, 1.54) is 4.90 Å². The van der Waals surface area contributed by atoms with Crippen LogP contribution >= 0.6 is 34.8 Å². The second-order valence-electron chi connectivity index (χ2n) is 8.32. The van der Waals surface area contributed by atoms with Crippen molar-refractivity contribution in [2.45, 2.75) is 38.8 Å². The maximum Gasteiger partial charge on any atom is 0.261 e. The molecule has 0 bridgehead atoms. The van der Waals surface area contributed by atoms with Gasteiger partial charge in [0.1, 0.15) is 11.8 Å². The van der Waals surface area contributed by atoms with Crippen LogP contribution in [-0.2, 0) is 22.6 Å². The molecule has 0 saturated heterocycles. The van der Waals surface area contributed by atoms with E-state index in [4.69, 9.17) is 39.5 Å². The number of benzene rings is 3. The standard InChI is InChI=1S/C28H29Cl3N2O3/c1-2-3-15-32-28(35)26(16-20-9-5-4-6-10-20)33(18-23-24(30)13-8-14-25(23)31)27(34)19-36-22-12-7-11-21(29)17-22/h4-14,17,26H,2-3,15-16,18-19H2,1H3,(H,32,35). The minimum atomic E-state index is -0.799. The van der Waals surface area contributed by atoms with Crippen LogP contribution in [0.25, 0.3) is 0 Å². The van der Waals surface area contributed by atoms with E-state index in [0.29, 0.717) is 39.3 Å². The number of ether oxygens (including phenoxy) is 1. The van der Waals surface area contributed by atoms with Gasteiger partial charge in [0, 0.05) is 40.1 Å². The van der Waals surface area contributed by atoms with Crippen LogP contribution in [0.3, 0.4) is 0 Å². The zero-order valence-corrected chi connectivity index (χ0v) is 22.3. The molecular formula is C28H29Cl3N2O3. The summed E-state index contributed by atoms with van der Waals surface area (Å²) >= 11 is 18.9. The molecule has 3 aromatic carbocycles. The van der Waals surface area contributed by atoms with E-state index in [-0.39, 0.29) is 25.0 Å². The van der Waals surface area contributed by atoms with Crippen molar-refractivity contribution in [3.63, 3.8) is 0 Å². The summed E-state index contributed by atoms with van der Waals surface area (Å²) in [6.07, 6.45) is 2.10. The highest BCUT2D eigenvalue weighted by atomic mass is 35.5. The summed E-state index contributed by atoms with van der Waals surface area (Å²) in [4.78, 5) is 28.5. The molecule has 8 heteroatoms. The van der Waals surface area contributed by atoms with Crippen molar-refractivity contribution in [3.05, 3.63) is 99.0 Å². The third-order valence-corrected chi connectivity index (χ3v) is 6.59. The molecule has 0 heterocycles.